The first kappa shape index (κ1) is 25.4. The van der Waals surface area contributed by atoms with Crippen molar-refractivity contribution < 1.29 is 22.7 Å². The number of nitrogens with zero attached hydrogens (tertiary/aromatic N) is 1. The van der Waals surface area contributed by atoms with E-state index in [4.69, 9.17) is 21.1 Å². The number of anilines is 2. The summed E-state index contributed by atoms with van der Waals surface area (Å²) in [6, 6.07) is 18.8. The highest BCUT2D eigenvalue weighted by Gasteiger charge is 2.32. The summed E-state index contributed by atoms with van der Waals surface area (Å²) in [5, 5.41) is 0.334. The van der Waals surface area contributed by atoms with Crippen LogP contribution >= 0.6 is 11.6 Å². The van der Waals surface area contributed by atoms with E-state index in [1.54, 1.807) is 48.4 Å². The lowest BCUT2D eigenvalue weighted by molar-refractivity contribution is -0.117. The molecule has 1 N–H and O–H groups in total. The summed E-state index contributed by atoms with van der Waals surface area (Å²) in [5.74, 6) is 1.37. The summed E-state index contributed by atoms with van der Waals surface area (Å²) in [5.41, 5.74) is 2.02. The monoisotopic (exact) mass is 540 g/mol. The van der Waals surface area contributed by atoms with E-state index in [0.29, 0.717) is 35.1 Å². The zero-order valence-electron chi connectivity index (χ0n) is 20.5. The fourth-order valence-corrected chi connectivity index (χ4v) is 6.34. The molecule has 1 atom stereocenters. The number of halogens is 1. The summed E-state index contributed by atoms with van der Waals surface area (Å²) in [7, 11) is -2.20. The highest BCUT2D eigenvalue weighted by atomic mass is 35.5. The van der Waals surface area contributed by atoms with Crippen LogP contribution in [0.25, 0.3) is 0 Å². The van der Waals surface area contributed by atoms with Crippen LogP contribution in [0.3, 0.4) is 0 Å². The van der Waals surface area contributed by atoms with Crippen LogP contribution in [0.15, 0.2) is 71.6 Å². The minimum absolute atomic E-state index is 0.0175. The maximum absolute atomic E-state index is 13.0. The van der Waals surface area contributed by atoms with Crippen molar-refractivity contribution in [2.75, 3.05) is 23.3 Å². The Morgan fingerprint density at radius 3 is 2.51 bits per heavy atom. The highest BCUT2D eigenvalue weighted by Crippen LogP contribution is 2.38. The van der Waals surface area contributed by atoms with E-state index >= 15 is 0 Å². The molecule has 1 saturated carbocycles. The molecule has 0 spiro atoms. The predicted octanol–water partition coefficient (Wildman–Crippen LogP) is 5.99. The summed E-state index contributed by atoms with van der Waals surface area (Å²) >= 11 is 5.96. The second-order valence-electron chi connectivity index (χ2n) is 9.45. The number of sulfonamides is 1. The van der Waals surface area contributed by atoms with Crippen LogP contribution in [0.5, 0.6) is 11.5 Å². The maximum Gasteiger partial charge on any atom is 0.261 e. The molecule has 1 heterocycles. The summed E-state index contributed by atoms with van der Waals surface area (Å²) in [6.45, 7) is 0.485. The Labute approximate surface area is 222 Å². The quantitative estimate of drug-likeness (QED) is 0.379. The van der Waals surface area contributed by atoms with Crippen molar-refractivity contribution in [3.63, 3.8) is 0 Å². The topological polar surface area (TPSA) is 84.9 Å². The van der Waals surface area contributed by atoms with E-state index in [9.17, 15) is 13.2 Å². The van der Waals surface area contributed by atoms with Gasteiger partial charge in [0.2, 0.25) is 5.91 Å². The fraction of sp³-hybridized carbons (Fsp3) is 0.321. The van der Waals surface area contributed by atoms with Crippen LogP contribution in [0.4, 0.5) is 11.4 Å². The number of methoxy groups -OCH3 is 1. The number of nitrogens with one attached hydrogen (secondary N) is 1. The molecule has 0 bridgehead atoms. The average molecular weight is 541 g/mol. The first-order valence-electron chi connectivity index (χ1n) is 12.4. The van der Waals surface area contributed by atoms with Crippen molar-refractivity contribution >= 4 is 38.9 Å². The molecule has 1 aliphatic carbocycles. The molecule has 1 amide bonds. The number of carbonyl (C=O) groups excluding carboxylic acids is 1. The molecule has 9 heteroatoms. The van der Waals surface area contributed by atoms with Gasteiger partial charge in [-0.2, -0.15) is 0 Å². The van der Waals surface area contributed by atoms with Crippen LogP contribution in [0.1, 0.15) is 43.6 Å². The molecule has 0 radical (unpaired) electrons. The maximum atomic E-state index is 13.0. The van der Waals surface area contributed by atoms with E-state index < -0.39 is 10.0 Å². The van der Waals surface area contributed by atoms with Crippen molar-refractivity contribution in [3.05, 3.63) is 77.3 Å². The lowest BCUT2D eigenvalue weighted by Crippen LogP contribution is -2.24. The third-order valence-electron chi connectivity index (χ3n) is 6.90. The van der Waals surface area contributed by atoms with Crippen LogP contribution in [0, 0.1) is 0 Å². The number of rotatable bonds is 8. The smallest absolute Gasteiger partial charge is 0.261 e. The van der Waals surface area contributed by atoms with Gasteiger partial charge in [0.15, 0.2) is 11.5 Å². The Kier molecular flexibility index (Phi) is 7.31. The third kappa shape index (κ3) is 5.70. The SMILES string of the molecule is COc1ccc(C2CC(=O)N(c3cccc(NS(=O)(=O)c4cccc(Cl)c4)c3)C2)cc1OC1CCCC1. The molecule has 3 aromatic rings. The van der Waals surface area contributed by atoms with E-state index in [-0.39, 0.29) is 22.8 Å². The Hall–Kier alpha value is -3.23. The zero-order chi connectivity index (χ0) is 26.0. The second kappa shape index (κ2) is 10.6. The Bertz CT molecular complexity index is 1410. The van der Waals surface area contributed by atoms with Gasteiger partial charge in [-0.25, -0.2) is 8.42 Å². The van der Waals surface area contributed by atoms with Crippen molar-refractivity contribution in [3.8, 4) is 11.5 Å². The zero-order valence-corrected chi connectivity index (χ0v) is 22.1. The molecular formula is C28H29ClN2O5S. The number of amides is 1. The molecule has 1 aliphatic heterocycles. The first-order valence-corrected chi connectivity index (χ1v) is 14.2. The summed E-state index contributed by atoms with van der Waals surface area (Å²) in [4.78, 5) is 14.8. The molecule has 194 valence electrons. The lowest BCUT2D eigenvalue weighted by atomic mass is 9.98. The Morgan fingerprint density at radius 1 is 0.973 bits per heavy atom. The van der Waals surface area contributed by atoms with Gasteiger partial charge in [-0.15, -0.1) is 0 Å². The molecule has 5 rings (SSSR count). The molecule has 2 aliphatic rings. The highest BCUT2D eigenvalue weighted by molar-refractivity contribution is 7.92. The largest absolute Gasteiger partial charge is 0.493 e. The summed E-state index contributed by atoms with van der Waals surface area (Å²) in [6.07, 6.45) is 4.98. The van der Waals surface area contributed by atoms with Crippen molar-refractivity contribution in [1.29, 1.82) is 0 Å². The van der Waals surface area contributed by atoms with Crippen LogP contribution in [-0.2, 0) is 14.8 Å². The van der Waals surface area contributed by atoms with Gasteiger partial charge < -0.3 is 14.4 Å². The molecule has 3 aromatic carbocycles. The molecule has 0 aromatic heterocycles. The fourth-order valence-electron chi connectivity index (χ4n) is 4.99. The van der Waals surface area contributed by atoms with Gasteiger partial charge in [-0.3, -0.25) is 9.52 Å². The van der Waals surface area contributed by atoms with E-state index in [0.717, 1.165) is 24.2 Å². The second-order valence-corrected chi connectivity index (χ2v) is 11.6. The number of benzene rings is 3. The van der Waals surface area contributed by atoms with Crippen LogP contribution in [-0.4, -0.2) is 34.1 Å². The van der Waals surface area contributed by atoms with Gasteiger partial charge >= 0.3 is 0 Å². The third-order valence-corrected chi connectivity index (χ3v) is 8.51. The minimum atomic E-state index is -3.83. The van der Waals surface area contributed by atoms with Crippen molar-refractivity contribution in [2.24, 2.45) is 0 Å². The number of hydrogen-bond donors (Lipinski definition) is 1. The molecule has 1 unspecified atom stereocenters. The van der Waals surface area contributed by atoms with Gasteiger partial charge in [0.25, 0.3) is 10.0 Å². The predicted molar refractivity (Wildman–Crippen MR) is 144 cm³/mol. The molecule has 7 nitrogen and oxygen atoms in total. The molecule has 2 fully saturated rings. The average Bonchev–Trinajstić information content (AvgIpc) is 3.53. The Balaban J connectivity index is 1.33. The molecule has 37 heavy (non-hydrogen) atoms. The minimum Gasteiger partial charge on any atom is -0.493 e. The van der Waals surface area contributed by atoms with Gasteiger partial charge in [-0.1, -0.05) is 29.8 Å². The normalized spacial score (nSPS) is 18.3. The number of ether oxygens (including phenoxy) is 2. The van der Waals surface area contributed by atoms with Crippen molar-refractivity contribution in [1.82, 2.24) is 0 Å². The Morgan fingerprint density at radius 2 is 1.76 bits per heavy atom. The summed E-state index contributed by atoms with van der Waals surface area (Å²) < 4.78 is 40.0. The standard InChI is InChI=1S/C28H29ClN2O5S/c1-35-26-13-12-19(14-27(26)36-24-9-2-3-10-24)20-15-28(32)31(18-20)23-8-5-7-22(17-23)30-37(33,34)25-11-4-6-21(29)16-25/h4-8,11-14,16-17,20,24,30H,2-3,9-10,15,18H2,1H3. The van der Waals surface area contributed by atoms with E-state index in [1.165, 1.54) is 25.0 Å². The van der Waals surface area contributed by atoms with Crippen LogP contribution in [0.2, 0.25) is 5.02 Å². The van der Waals surface area contributed by atoms with Gasteiger partial charge in [0.1, 0.15) is 0 Å². The lowest BCUT2D eigenvalue weighted by Gasteiger charge is -2.20. The van der Waals surface area contributed by atoms with Gasteiger partial charge in [-0.05, 0) is 79.8 Å². The van der Waals surface area contributed by atoms with Gasteiger partial charge in [0.05, 0.1) is 23.8 Å². The molecular weight excluding hydrogens is 512 g/mol. The first-order chi connectivity index (χ1) is 17.8. The number of hydrogen-bond acceptors (Lipinski definition) is 5. The molecule has 1 saturated heterocycles. The van der Waals surface area contributed by atoms with E-state index in [2.05, 4.69) is 4.72 Å². The van der Waals surface area contributed by atoms with Gasteiger partial charge in [0, 0.05) is 29.6 Å². The van der Waals surface area contributed by atoms with Crippen LogP contribution < -0.4 is 19.1 Å². The van der Waals surface area contributed by atoms with E-state index in [1.807, 2.05) is 18.2 Å². The van der Waals surface area contributed by atoms with Crippen molar-refractivity contribution in [2.45, 2.75) is 49.0 Å². The number of carbonyl (C=O) groups is 1.